The largest absolute Gasteiger partial charge is 0.416 e. The number of amides is 1. The number of halogens is 6. The lowest BCUT2D eigenvalue weighted by Gasteiger charge is -2.50. The Bertz CT molecular complexity index is 1600. The molecule has 0 radical (unpaired) electrons. The smallest absolute Gasteiger partial charge is 0.304 e. The minimum absolute atomic E-state index is 0.0189. The number of hydrogen-bond donors (Lipinski definition) is 0. The molecule has 0 bridgehead atoms. The van der Waals surface area contributed by atoms with Gasteiger partial charge in [-0.25, -0.2) is 18.0 Å². The lowest BCUT2D eigenvalue weighted by atomic mass is 9.59. The second kappa shape index (κ2) is 10.9. The van der Waals surface area contributed by atoms with Crippen molar-refractivity contribution in [2.45, 2.75) is 69.5 Å². The van der Waals surface area contributed by atoms with E-state index in [0.29, 0.717) is 12.1 Å². The van der Waals surface area contributed by atoms with E-state index in [-0.39, 0.29) is 53.3 Å². The molecular formula is C32H38F6N6O. The highest BCUT2D eigenvalue weighted by molar-refractivity contribution is 6.10. The van der Waals surface area contributed by atoms with Gasteiger partial charge in [0, 0.05) is 75.8 Å². The van der Waals surface area contributed by atoms with Crippen LogP contribution in [0.1, 0.15) is 71.3 Å². The summed E-state index contributed by atoms with van der Waals surface area (Å²) in [5, 5.41) is 4.04. The molecule has 7 nitrogen and oxygen atoms in total. The third-order valence-electron chi connectivity index (χ3n) is 9.90. The first-order valence-electron chi connectivity index (χ1n) is 15.2. The van der Waals surface area contributed by atoms with Gasteiger partial charge in [0.05, 0.1) is 12.1 Å². The van der Waals surface area contributed by atoms with Crippen LogP contribution < -0.4 is 4.90 Å². The van der Waals surface area contributed by atoms with Crippen LogP contribution in [0.2, 0.25) is 0 Å². The van der Waals surface area contributed by atoms with E-state index in [1.54, 1.807) is 20.2 Å². The van der Waals surface area contributed by atoms with Crippen LogP contribution in [0.15, 0.2) is 36.4 Å². The van der Waals surface area contributed by atoms with Crippen LogP contribution in [-0.2, 0) is 38.8 Å². The molecule has 0 unspecified atom stereocenters. The van der Waals surface area contributed by atoms with Crippen molar-refractivity contribution < 1.29 is 31.1 Å². The summed E-state index contributed by atoms with van der Waals surface area (Å²) in [5.41, 5.74) is -1.71. The van der Waals surface area contributed by atoms with Gasteiger partial charge in [-0.1, -0.05) is 26.0 Å². The standard InChI is InChI=1S/C32H38F6N6O/c1-19(2)26-16-40(3)9-10-43(26)14-20-11-23-24(25(12-20)32(36,37)38)15-44(29(23)45)22-8-6-7-21(13-22)30(17-31(34,35)18-30)27(33)28-39-42(5)41(28)4/h6-8,11-13,19,26-27H,9-10,14-18H2,1-5H3/t26-,27-/m1/s1. The number of carbonyl (C=O) groups is 1. The molecule has 2 aliphatic heterocycles. The van der Waals surface area contributed by atoms with Crippen molar-refractivity contribution in [3.8, 4) is 0 Å². The fourth-order valence-electron chi connectivity index (χ4n) is 7.31. The third kappa shape index (κ3) is 5.45. The Hall–Kier alpha value is -3.32. The fraction of sp³-hybridized carbons (Fsp3) is 0.562. The van der Waals surface area contributed by atoms with Crippen LogP contribution >= 0.6 is 0 Å². The van der Waals surface area contributed by atoms with Crippen molar-refractivity contribution in [2.75, 3.05) is 31.6 Å². The zero-order valence-electron chi connectivity index (χ0n) is 26.0. The number of aromatic nitrogens is 3. The van der Waals surface area contributed by atoms with Gasteiger partial charge in [-0.3, -0.25) is 14.4 Å². The molecule has 2 aromatic carbocycles. The SMILES string of the molecule is CC(C)[C@H]1CN(C)CCN1Cc1cc2c(c(C(F)(F)F)c1)CN(c1cccc(C3([C@H](F)c4nn(C)n4C)CC(F)(F)C3)c1)C2=O. The average Bonchev–Trinajstić information content (AvgIpc) is 3.29. The molecule has 1 saturated carbocycles. The van der Waals surface area contributed by atoms with Gasteiger partial charge in [-0.2, -0.15) is 13.2 Å². The van der Waals surface area contributed by atoms with Crippen molar-refractivity contribution in [3.05, 3.63) is 70.0 Å². The van der Waals surface area contributed by atoms with E-state index in [9.17, 15) is 26.7 Å². The summed E-state index contributed by atoms with van der Waals surface area (Å²) in [4.78, 5) is 20.8. The molecule has 3 aromatic rings. The van der Waals surface area contributed by atoms with Crippen LogP contribution in [-0.4, -0.2) is 68.9 Å². The molecule has 1 saturated heterocycles. The van der Waals surface area contributed by atoms with Gasteiger partial charge in [0.2, 0.25) is 5.92 Å². The summed E-state index contributed by atoms with van der Waals surface area (Å²) in [7, 11) is 5.20. The summed E-state index contributed by atoms with van der Waals surface area (Å²) < 4.78 is 89.4. The van der Waals surface area contributed by atoms with E-state index in [1.807, 2.05) is 7.05 Å². The summed E-state index contributed by atoms with van der Waals surface area (Å²) in [6.07, 6.45) is -8.03. The molecule has 2 atom stereocenters. The number of hydrogen-bond acceptors (Lipinski definition) is 4. The average molecular weight is 637 g/mol. The Kier molecular flexibility index (Phi) is 7.66. The monoisotopic (exact) mass is 636 g/mol. The zero-order chi connectivity index (χ0) is 32.6. The molecule has 2 fully saturated rings. The summed E-state index contributed by atoms with van der Waals surface area (Å²) >= 11 is 0. The fourth-order valence-corrected chi connectivity index (χ4v) is 7.31. The molecule has 1 aromatic heterocycles. The van der Waals surface area contributed by atoms with Crippen LogP contribution in [0.4, 0.5) is 32.0 Å². The van der Waals surface area contributed by atoms with Gasteiger partial charge in [-0.05, 0) is 53.9 Å². The van der Waals surface area contributed by atoms with Crippen LogP contribution in [0.25, 0.3) is 0 Å². The maximum Gasteiger partial charge on any atom is 0.416 e. The second-order valence-corrected chi connectivity index (χ2v) is 13.4. The molecule has 1 aliphatic carbocycles. The number of aryl methyl sites for hydroxylation is 1. The third-order valence-corrected chi connectivity index (χ3v) is 9.90. The molecule has 244 valence electrons. The first kappa shape index (κ1) is 31.7. The number of carbonyl (C=O) groups excluding carboxylic acids is 1. The summed E-state index contributed by atoms with van der Waals surface area (Å²) in [6, 6.07) is 8.91. The Morgan fingerprint density at radius 2 is 1.76 bits per heavy atom. The van der Waals surface area contributed by atoms with Gasteiger partial charge in [0.1, 0.15) is 0 Å². The van der Waals surface area contributed by atoms with Crippen molar-refractivity contribution in [1.29, 1.82) is 0 Å². The molecule has 3 heterocycles. The van der Waals surface area contributed by atoms with Crippen molar-refractivity contribution in [1.82, 2.24) is 24.4 Å². The predicted molar refractivity (Wildman–Crippen MR) is 157 cm³/mol. The van der Waals surface area contributed by atoms with Crippen molar-refractivity contribution in [2.24, 2.45) is 20.0 Å². The van der Waals surface area contributed by atoms with Crippen LogP contribution in [0.3, 0.4) is 0 Å². The highest BCUT2D eigenvalue weighted by Gasteiger charge is 2.63. The number of anilines is 1. The number of rotatable bonds is 7. The maximum atomic E-state index is 16.0. The van der Waals surface area contributed by atoms with Crippen molar-refractivity contribution in [3.63, 3.8) is 0 Å². The molecule has 0 spiro atoms. The molecule has 45 heavy (non-hydrogen) atoms. The summed E-state index contributed by atoms with van der Waals surface area (Å²) in [6.45, 7) is 6.40. The van der Waals surface area contributed by atoms with E-state index < -0.39 is 48.0 Å². The Morgan fingerprint density at radius 1 is 1.04 bits per heavy atom. The number of benzene rings is 2. The van der Waals surface area contributed by atoms with Gasteiger partial charge in [0.15, 0.2) is 12.0 Å². The highest BCUT2D eigenvalue weighted by atomic mass is 19.4. The number of likely N-dealkylation sites (N-methyl/N-ethyl adjacent to an activating group) is 1. The molecule has 3 aliphatic rings. The number of alkyl halides is 6. The van der Waals surface area contributed by atoms with E-state index in [2.05, 4.69) is 28.7 Å². The molecular weight excluding hydrogens is 598 g/mol. The lowest BCUT2D eigenvalue weighted by molar-refractivity contribution is -0.152. The van der Waals surface area contributed by atoms with E-state index >= 15 is 4.39 Å². The van der Waals surface area contributed by atoms with Gasteiger partial charge >= 0.3 is 6.18 Å². The van der Waals surface area contributed by atoms with Gasteiger partial charge < -0.3 is 9.80 Å². The van der Waals surface area contributed by atoms with Gasteiger partial charge in [0.25, 0.3) is 5.91 Å². The predicted octanol–water partition coefficient (Wildman–Crippen LogP) is 6.09. The molecule has 1 amide bonds. The maximum absolute atomic E-state index is 16.0. The van der Waals surface area contributed by atoms with Crippen LogP contribution in [0, 0.1) is 5.92 Å². The van der Waals surface area contributed by atoms with Crippen molar-refractivity contribution >= 4 is 11.6 Å². The van der Waals surface area contributed by atoms with E-state index in [4.69, 9.17) is 0 Å². The first-order valence-corrected chi connectivity index (χ1v) is 15.2. The number of nitrogens with zero attached hydrogens (tertiary/aromatic N) is 6. The van der Waals surface area contributed by atoms with E-state index in [0.717, 1.165) is 19.2 Å². The molecule has 0 N–H and O–H groups in total. The van der Waals surface area contributed by atoms with Crippen LogP contribution in [0.5, 0.6) is 0 Å². The highest BCUT2D eigenvalue weighted by Crippen LogP contribution is 2.60. The normalized spacial score (nSPS) is 22.6. The number of piperazine rings is 1. The van der Waals surface area contributed by atoms with Gasteiger partial charge in [-0.15, -0.1) is 5.10 Å². The first-order chi connectivity index (χ1) is 21.0. The number of fused-ring (bicyclic) bond motifs is 1. The zero-order valence-corrected chi connectivity index (χ0v) is 26.0. The minimum Gasteiger partial charge on any atom is -0.304 e. The van der Waals surface area contributed by atoms with E-state index in [1.165, 1.54) is 38.6 Å². The Morgan fingerprint density at radius 3 is 2.36 bits per heavy atom. The molecule has 6 rings (SSSR count). The Labute approximate surface area is 258 Å². The minimum atomic E-state index is -4.69. The molecule has 13 heteroatoms. The lowest BCUT2D eigenvalue weighted by Crippen LogP contribution is -2.53. The Balaban J connectivity index is 1.33. The summed E-state index contributed by atoms with van der Waals surface area (Å²) in [5.74, 6) is -3.38. The second-order valence-electron chi connectivity index (χ2n) is 13.4. The topological polar surface area (TPSA) is 49.5 Å². The quantitative estimate of drug-likeness (QED) is 0.295.